The highest BCUT2D eigenvalue weighted by atomic mass is 16.2. The average molecular weight is 308 g/mol. The minimum atomic E-state index is -0.0265. The van der Waals surface area contributed by atoms with E-state index in [4.69, 9.17) is 0 Å². The van der Waals surface area contributed by atoms with Gasteiger partial charge >= 0.3 is 0 Å². The Morgan fingerprint density at radius 1 is 1.09 bits per heavy atom. The molecule has 0 radical (unpaired) electrons. The van der Waals surface area contributed by atoms with Crippen LogP contribution in [0.4, 0.5) is 5.69 Å². The Bertz CT molecular complexity index is 712. The van der Waals surface area contributed by atoms with Crippen LogP contribution in [0.15, 0.2) is 54.6 Å². The van der Waals surface area contributed by atoms with E-state index in [1.165, 1.54) is 0 Å². The number of carbonyl (C=O) groups excluding carboxylic acids is 2. The Labute approximate surface area is 136 Å². The van der Waals surface area contributed by atoms with E-state index in [2.05, 4.69) is 0 Å². The molecule has 0 bridgehead atoms. The molecule has 4 heteroatoms. The van der Waals surface area contributed by atoms with Crippen molar-refractivity contribution in [3.63, 3.8) is 0 Å². The van der Waals surface area contributed by atoms with Gasteiger partial charge in [0, 0.05) is 18.8 Å². The quantitative estimate of drug-likeness (QED) is 0.852. The van der Waals surface area contributed by atoms with Crippen molar-refractivity contribution in [3.8, 4) is 0 Å². The molecule has 1 aliphatic rings. The van der Waals surface area contributed by atoms with Crippen LogP contribution in [0.1, 0.15) is 18.1 Å². The van der Waals surface area contributed by atoms with Gasteiger partial charge in [0.05, 0.1) is 6.42 Å². The molecule has 1 heterocycles. The predicted octanol–water partition coefficient (Wildman–Crippen LogP) is 2.62. The van der Waals surface area contributed by atoms with Crippen LogP contribution in [-0.4, -0.2) is 29.8 Å². The number of amides is 2. The summed E-state index contributed by atoms with van der Waals surface area (Å²) in [5, 5.41) is 0. The van der Waals surface area contributed by atoms with Crippen LogP contribution >= 0.6 is 0 Å². The number of hydrogen-bond acceptors (Lipinski definition) is 2. The Hall–Kier alpha value is -2.62. The molecule has 0 saturated heterocycles. The summed E-state index contributed by atoms with van der Waals surface area (Å²) in [6.45, 7) is 3.26. The highest BCUT2D eigenvalue weighted by Gasteiger charge is 2.29. The fourth-order valence-corrected chi connectivity index (χ4v) is 2.91. The summed E-state index contributed by atoms with van der Waals surface area (Å²) < 4.78 is 0. The van der Waals surface area contributed by atoms with Crippen LogP contribution in [0.2, 0.25) is 0 Å². The molecule has 3 rings (SSSR count). The molecular weight excluding hydrogens is 288 g/mol. The number of rotatable bonds is 5. The molecule has 0 aromatic heterocycles. The second-order valence-corrected chi connectivity index (χ2v) is 5.68. The second kappa shape index (κ2) is 6.65. The normalized spacial score (nSPS) is 13.1. The number of carbonyl (C=O) groups is 2. The number of anilines is 1. The van der Waals surface area contributed by atoms with Gasteiger partial charge < -0.3 is 9.80 Å². The molecule has 23 heavy (non-hydrogen) atoms. The van der Waals surface area contributed by atoms with Crippen molar-refractivity contribution in [3.05, 3.63) is 65.7 Å². The largest absolute Gasteiger partial charge is 0.337 e. The lowest BCUT2D eigenvalue weighted by atomic mass is 10.2. The lowest BCUT2D eigenvalue weighted by Crippen LogP contribution is -2.41. The zero-order valence-corrected chi connectivity index (χ0v) is 13.2. The van der Waals surface area contributed by atoms with Crippen molar-refractivity contribution in [1.29, 1.82) is 0 Å². The summed E-state index contributed by atoms with van der Waals surface area (Å²) in [6.07, 6.45) is 0.383. The molecule has 2 amide bonds. The topological polar surface area (TPSA) is 40.6 Å². The van der Waals surface area contributed by atoms with Crippen molar-refractivity contribution in [1.82, 2.24) is 4.90 Å². The molecule has 0 saturated carbocycles. The molecule has 2 aromatic carbocycles. The molecule has 0 unspecified atom stereocenters. The first-order chi connectivity index (χ1) is 11.2. The van der Waals surface area contributed by atoms with E-state index in [1.807, 2.05) is 61.5 Å². The zero-order valence-electron chi connectivity index (χ0n) is 13.2. The number of nitrogens with zero attached hydrogens (tertiary/aromatic N) is 2. The molecule has 0 spiro atoms. The molecule has 0 aliphatic carbocycles. The third kappa shape index (κ3) is 3.26. The van der Waals surface area contributed by atoms with Crippen molar-refractivity contribution >= 4 is 17.5 Å². The lowest BCUT2D eigenvalue weighted by Gasteiger charge is -2.24. The monoisotopic (exact) mass is 308 g/mol. The maximum absolute atomic E-state index is 12.6. The number of para-hydroxylation sites is 1. The molecule has 1 aliphatic heterocycles. The average Bonchev–Trinajstić information content (AvgIpc) is 2.89. The molecular formula is C19H20N2O2. The van der Waals surface area contributed by atoms with Gasteiger partial charge in [0.2, 0.25) is 11.8 Å². The smallest absolute Gasteiger partial charge is 0.242 e. The standard InChI is InChI=1S/C19H20N2O2/c1-2-20(13-15-8-4-3-5-9-15)19(23)14-21-17-11-7-6-10-16(17)12-18(21)22/h3-11H,2,12-14H2,1H3. The molecule has 4 nitrogen and oxygen atoms in total. The van der Waals surface area contributed by atoms with Gasteiger partial charge in [0.1, 0.15) is 6.54 Å². The van der Waals surface area contributed by atoms with Gasteiger partial charge in [-0.05, 0) is 24.1 Å². The summed E-state index contributed by atoms with van der Waals surface area (Å²) in [5.74, 6) is -0.0308. The first kappa shape index (κ1) is 15.3. The van der Waals surface area contributed by atoms with E-state index in [0.717, 1.165) is 16.8 Å². The Morgan fingerprint density at radius 2 is 1.78 bits per heavy atom. The van der Waals surface area contributed by atoms with E-state index in [1.54, 1.807) is 9.80 Å². The molecule has 0 fully saturated rings. The van der Waals surface area contributed by atoms with Crippen LogP contribution in [0, 0.1) is 0 Å². The minimum absolute atomic E-state index is 0.00434. The van der Waals surface area contributed by atoms with E-state index in [0.29, 0.717) is 19.5 Å². The van der Waals surface area contributed by atoms with Gasteiger partial charge in [0.25, 0.3) is 0 Å². The van der Waals surface area contributed by atoms with E-state index >= 15 is 0 Å². The Morgan fingerprint density at radius 3 is 2.52 bits per heavy atom. The third-order valence-electron chi connectivity index (χ3n) is 4.17. The van der Waals surface area contributed by atoms with Gasteiger partial charge in [0.15, 0.2) is 0 Å². The Balaban J connectivity index is 1.71. The number of fused-ring (bicyclic) bond motifs is 1. The third-order valence-corrected chi connectivity index (χ3v) is 4.17. The summed E-state index contributed by atoms with van der Waals surface area (Å²) in [4.78, 5) is 28.2. The predicted molar refractivity (Wildman–Crippen MR) is 90.0 cm³/mol. The zero-order chi connectivity index (χ0) is 16.2. The second-order valence-electron chi connectivity index (χ2n) is 5.68. The van der Waals surface area contributed by atoms with Crippen LogP contribution in [-0.2, 0) is 22.6 Å². The fraction of sp³-hybridized carbons (Fsp3) is 0.263. The molecule has 0 atom stereocenters. The van der Waals surface area contributed by atoms with E-state index < -0.39 is 0 Å². The van der Waals surface area contributed by atoms with Crippen LogP contribution < -0.4 is 4.90 Å². The van der Waals surface area contributed by atoms with E-state index in [-0.39, 0.29) is 18.4 Å². The Kier molecular flexibility index (Phi) is 4.42. The highest BCUT2D eigenvalue weighted by molar-refractivity contribution is 6.04. The fourth-order valence-electron chi connectivity index (χ4n) is 2.91. The molecule has 0 N–H and O–H groups in total. The van der Waals surface area contributed by atoms with Crippen molar-refractivity contribution in [2.75, 3.05) is 18.0 Å². The van der Waals surface area contributed by atoms with E-state index in [9.17, 15) is 9.59 Å². The first-order valence-corrected chi connectivity index (χ1v) is 7.89. The van der Waals surface area contributed by atoms with Gasteiger partial charge in [-0.25, -0.2) is 0 Å². The van der Waals surface area contributed by atoms with Gasteiger partial charge in [-0.15, -0.1) is 0 Å². The van der Waals surface area contributed by atoms with Gasteiger partial charge in [-0.3, -0.25) is 9.59 Å². The van der Waals surface area contributed by atoms with Crippen molar-refractivity contribution in [2.24, 2.45) is 0 Å². The first-order valence-electron chi connectivity index (χ1n) is 7.89. The SMILES string of the molecule is CCN(Cc1ccccc1)C(=O)CN1C(=O)Cc2ccccc21. The summed E-state index contributed by atoms with van der Waals surface area (Å²) in [6, 6.07) is 17.6. The number of benzene rings is 2. The number of hydrogen-bond donors (Lipinski definition) is 0. The number of likely N-dealkylation sites (N-methyl/N-ethyl adjacent to an activating group) is 1. The van der Waals surface area contributed by atoms with Crippen LogP contribution in [0.3, 0.4) is 0 Å². The van der Waals surface area contributed by atoms with Crippen LogP contribution in [0.5, 0.6) is 0 Å². The summed E-state index contributed by atoms with van der Waals surface area (Å²) in [5.41, 5.74) is 2.95. The highest BCUT2D eigenvalue weighted by Crippen LogP contribution is 2.28. The minimum Gasteiger partial charge on any atom is -0.337 e. The van der Waals surface area contributed by atoms with Crippen LogP contribution in [0.25, 0.3) is 0 Å². The maximum Gasteiger partial charge on any atom is 0.242 e. The summed E-state index contributed by atoms with van der Waals surface area (Å²) in [7, 11) is 0. The van der Waals surface area contributed by atoms with Crippen molar-refractivity contribution < 1.29 is 9.59 Å². The molecule has 2 aromatic rings. The van der Waals surface area contributed by atoms with Crippen molar-refractivity contribution in [2.45, 2.75) is 19.9 Å². The lowest BCUT2D eigenvalue weighted by molar-refractivity contribution is -0.131. The molecule has 118 valence electrons. The maximum atomic E-state index is 12.6. The summed E-state index contributed by atoms with van der Waals surface area (Å²) >= 11 is 0. The van der Waals surface area contributed by atoms with Gasteiger partial charge in [-0.1, -0.05) is 48.5 Å². The van der Waals surface area contributed by atoms with Gasteiger partial charge in [-0.2, -0.15) is 0 Å².